The molecule has 1 amide bonds. The number of aliphatic hydroxyl groups excluding tert-OH is 1. The second-order valence-electron chi connectivity index (χ2n) is 6.70. The van der Waals surface area contributed by atoms with Crippen LogP contribution in [0.5, 0.6) is 5.75 Å². The third-order valence-electron chi connectivity index (χ3n) is 5.27. The Balaban J connectivity index is 1.57. The maximum Gasteiger partial charge on any atom is 0.253 e. The molecule has 1 N–H and O–H groups in total. The lowest BCUT2D eigenvalue weighted by Gasteiger charge is -2.27. The Morgan fingerprint density at radius 3 is 2.83 bits per heavy atom. The molecule has 4 nitrogen and oxygen atoms in total. The van der Waals surface area contributed by atoms with Crippen LogP contribution < -0.4 is 4.74 Å². The molecule has 1 unspecified atom stereocenters. The van der Waals surface area contributed by atoms with Crippen molar-refractivity contribution in [1.82, 2.24) is 4.90 Å². The van der Waals surface area contributed by atoms with Gasteiger partial charge in [0.2, 0.25) is 0 Å². The van der Waals surface area contributed by atoms with Gasteiger partial charge in [0, 0.05) is 30.5 Å². The fourth-order valence-corrected chi connectivity index (χ4v) is 3.80. The van der Waals surface area contributed by atoms with Gasteiger partial charge in [0.1, 0.15) is 5.75 Å². The number of amides is 1. The highest BCUT2D eigenvalue weighted by molar-refractivity contribution is 5.95. The van der Waals surface area contributed by atoms with Crippen molar-refractivity contribution in [2.45, 2.75) is 18.3 Å². The number of hydrogen-bond acceptors (Lipinski definition) is 3. The summed E-state index contributed by atoms with van der Waals surface area (Å²) in [4.78, 5) is 14.7. The minimum Gasteiger partial charge on any atom is -0.493 e. The van der Waals surface area contributed by atoms with E-state index in [-0.39, 0.29) is 17.9 Å². The van der Waals surface area contributed by atoms with Crippen molar-refractivity contribution in [2.75, 3.05) is 26.3 Å². The molecule has 24 heavy (non-hydrogen) atoms. The van der Waals surface area contributed by atoms with Gasteiger partial charge in [0.15, 0.2) is 0 Å². The lowest BCUT2D eigenvalue weighted by molar-refractivity contribution is 0.0774. The smallest absolute Gasteiger partial charge is 0.253 e. The van der Waals surface area contributed by atoms with Gasteiger partial charge in [-0.1, -0.05) is 30.3 Å². The number of benzene rings is 2. The van der Waals surface area contributed by atoms with Crippen LogP contribution in [0.2, 0.25) is 0 Å². The summed E-state index contributed by atoms with van der Waals surface area (Å²) >= 11 is 0. The van der Waals surface area contributed by atoms with E-state index in [9.17, 15) is 9.90 Å². The fourth-order valence-electron chi connectivity index (χ4n) is 3.80. The number of aliphatic hydroxyl groups is 1. The number of rotatable bonds is 3. The molecule has 1 fully saturated rings. The Morgan fingerprint density at radius 1 is 1.21 bits per heavy atom. The first-order valence-corrected chi connectivity index (χ1v) is 8.43. The molecule has 4 rings (SSSR count). The van der Waals surface area contributed by atoms with E-state index in [4.69, 9.17) is 4.74 Å². The Bertz CT molecular complexity index is 759. The van der Waals surface area contributed by atoms with E-state index in [0.29, 0.717) is 25.3 Å². The highest BCUT2D eigenvalue weighted by atomic mass is 16.5. The van der Waals surface area contributed by atoms with E-state index < -0.39 is 0 Å². The zero-order valence-electron chi connectivity index (χ0n) is 13.6. The molecule has 0 bridgehead atoms. The molecule has 2 aromatic rings. The number of nitrogens with zero attached hydrogens (tertiary/aromatic N) is 1. The molecule has 1 saturated heterocycles. The molecule has 2 aromatic carbocycles. The quantitative estimate of drug-likeness (QED) is 0.943. The molecule has 4 heteroatoms. The van der Waals surface area contributed by atoms with Gasteiger partial charge in [0.05, 0.1) is 13.2 Å². The first kappa shape index (κ1) is 15.2. The lowest BCUT2D eigenvalue weighted by Crippen LogP contribution is -2.37. The van der Waals surface area contributed by atoms with Crippen LogP contribution in [0.3, 0.4) is 0 Å². The van der Waals surface area contributed by atoms with Crippen LogP contribution in [0.1, 0.15) is 27.9 Å². The van der Waals surface area contributed by atoms with Crippen LogP contribution in [0, 0.1) is 0 Å². The topological polar surface area (TPSA) is 49.8 Å². The van der Waals surface area contributed by atoms with Gasteiger partial charge in [-0.3, -0.25) is 4.79 Å². The van der Waals surface area contributed by atoms with Crippen molar-refractivity contribution in [3.63, 3.8) is 0 Å². The van der Waals surface area contributed by atoms with Gasteiger partial charge in [0.25, 0.3) is 5.91 Å². The molecule has 124 valence electrons. The summed E-state index contributed by atoms with van der Waals surface area (Å²) in [5.74, 6) is 0.929. The van der Waals surface area contributed by atoms with Crippen molar-refractivity contribution in [3.8, 4) is 5.75 Å². The molecule has 2 aliphatic rings. The van der Waals surface area contributed by atoms with E-state index >= 15 is 0 Å². The monoisotopic (exact) mass is 323 g/mol. The molecule has 0 aromatic heterocycles. The molecular formula is C20H21NO3. The highest BCUT2D eigenvalue weighted by Crippen LogP contribution is 2.35. The number of carbonyl (C=O) groups excluding carboxylic acids is 1. The van der Waals surface area contributed by atoms with Crippen LogP contribution in [0.25, 0.3) is 0 Å². The van der Waals surface area contributed by atoms with Crippen molar-refractivity contribution in [1.29, 1.82) is 0 Å². The van der Waals surface area contributed by atoms with Gasteiger partial charge < -0.3 is 14.7 Å². The average Bonchev–Trinajstić information content (AvgIpc) is 3.29. The van der Waals surface area contributed by atoms with Crippen molar-refractivity contribution >= 4 is 5.91 Å². The number of ether oxygens (including phenoxy) is 1. The summed E-state index contributed by atoms with van der Waals surface area (Å²) in [6.07, 6.45) is 1.65. The largest absolute Gasteiger partial charge is 0.493 e. The maximum atomic E-state index is 12.9. The summed E-state index contributed by atoms with van der Waals surface area (Å²) in [5, 5.41) is 10.0. The van der Waals surface area contributed by atoms with Crippen LogP contribution in [-0.4, -0.2) is 42.2 Å². The van der Waals surface area contributed by atoms with E-state index in [1.807, 2.05) is 53.4 Å². The summed E-state index contributed by atoms with van der Waals surface area (Å²) in [6.45, 7) is 1.97. The predicted molar refractivity (Wildman–Crippen MR) is 91.4 cm³/mol. The number of carbonyl (C=O) groups is 1. The third-order valence-corrected chi connectivity index (χ3v) is 5.27. The lowest BCUT2D eigenvalue weighted by atomic mass is 9.80. The van der Waals surface area contributed by atoms with E-state index in [1.54, 1.807) is 0 Å². The molecular weight excluding hydrogens is 302 g/mol. The zero-order chi connectivity index (χ0) is 16.6. The van der Waals surface area contributed by atoms with Gasteiger partial charge in [-0.05, 0) is 35.7 Å². The van der Waals surface area contributed by atoms with E-state index in [1.165, 1.54) is 0 Å². The Hall–Kier alpha value is -2.33. The first-order chi connectivity index (χ1) is 11.7. The highest BCUT2D eigenvalue weighted by Gasteiger charge is 2.41. The molecule has 0 aliphatic carbocycles. The van der Waals surface area contributed by atoms with Crippen LogP contribution in [0.15, 0.2) is 48.5 Å². The molecule has 0 spiro atoms. The average molecular weight is 323 g/mol. The van der Waals surface area contributed by atoms with E-state index in [0.717, 1.165) is 29.7 Å². The number of fused-ring (bicyclic) bond motifs is 1. The second kappa shape index (κ2) is 5.95. The number of likely N-dealkylation sites (tertiary alicyclic amines) is 1. The minimum absolute atomic E-state index is 0.0379. The minimum atomic E-state index is -0.350. The summed E-state index contributed by atoms with van der Waals surface area (Å²) in [6, 6.07) is 15.7. The molecule has 2 heterocycles. The Labute approximate surface area is 141 Å². The Morgan fingerprint density at radius 2 is 2.04 bits per heavy atom. The standard InChI is InChI=1S/C20H21NO3/c22-14-20(17-4-2-1-3-5-17)9-10-21(13-20)19(23)16-6-7-18-15(12-16)8-11-24-18/h1-7,12,22H,8-11,13-14H2. The number of hydrogen-bond donors (Lipinski definition) is 1. The van der Waals surface area contributed by atoms with Gasteiger partial charge in [-0.2, -0.15) is 0 Å². The van der Waals surface area contributed by atoms with Gasteiger partial charge in [-0.25, -0.2) is 0 Å². The van der Waals surface area contributed by atoms with Gasteiger partial charge >= 0.3 is 0 Å². The van der Waals surface area contributed by atoms with Crippen LogP contribution >= 0.6 is 0 Å². The third kappa shape index (κ3) is 2.47. The summed E-state index contributed by atoms with van der Waals surface area (Å²) in [7, 11) is 0. The van der Waals surface area contributed by atoms with Crippen LogP contribution in [0.4, 0.5) is 0 Å². The van der Waals surface area contributed by atoms with Crippen LogP contribution in [-0.2, 0) is 11.8 Å². The molecule has 0 saturated carbocycles. The molecule has 2 aliphatic heterocycles. The normalized spacial score (nSPS) is 22.3. The first-order valence-electron chi connectivity index (χ1n) is 8.43. The maximum absolute atomic E-state index is 12.9. The predicted octanol–water partition coefficient (Wildman–Crippen LogP) is 2.40. The van der Waals surface area contributed by atoms with Crippen molar-refractivity contribution in [2.24, 2.45) is 0 Å². The molecule has 1 atom stereocenters. The van der Waals surface area contributed by atoms with Crippen molar-refractivity contribution < 1.29 is 14.6 Å². The molecule has 0 radical (unpaired) electrons. The summed E-state index contributed by atoms with van der Waals surface area (Å²) < 4.78 is 5.51. The van der Waals surface area contributed by atoms with Gasteiger partial charge in [-0.15, -0.1) is 0 Å². The van der Waals surface area contributed by atoms with Crippen molar-refractivity contribution in [3.05, 3.63) is 65.2 Å². The fraction of sp³-hybridized carbons (Fsp3) is 0.350. The second-order valence-corrected chi connectivity index (χ2v) is 6.70. The SMILES string of the molecule is O=C(c1ccc2c(c1)CCO2)N1CCC(CO)(c2ccccc2)C1. The Kier molecular flexibility index (Phi) is 3.77. The summed E-state index contributed by atoms with van der Waals surface area (Å²) in [5.41, 5.74) is 2.57. The van der Waals surface area contributed by atoms with E-state index in [2.05, 4.69) is 0 Å². The zero-order valence-corrected chi connectivity index (χ0v) is 13.6.